The summed E-state index contributed by atoms with van der Waals surface area (Å²) in [6.45, 7) is 0.472. The summed E-state index contributed by atoms with van der Waals surface area (Å²) in [5.74, 6) is -0.266. The Kier molecular flexibility index (Phi) is 3.00. The third-order valence-electron chi connectivity index (χ3n) is 2.20. The first-order chi connectivity index (χ1) is 7.75. The second kappa shape index (κ2) is 4.61. The van der Waals surface area contributed by atoms with Crippen LogP contribution >= 0.6 is 0 Å². The number of nitrogens with zero attached hydrogens (tertiary/aromatic N) is 1. The number of phenolic OH excluding ortho intramolecular Hbond substituents is 1. The van der Waals surface area contributed by atoms with Crippen molar-refractivity contribution < 1.29 is 9.50 Å². The highest BCUT2D eigenvalue weighted by Gasteiger charge is 1.99. The summed E-state index contributed by atoms with van der Waals surface area (Å²) in [6.07, 6.45) is 1.41. The Morgan fingerprint density at radius 2 is 2.00 bits per heavy atom. The molecule has 1 aromatic heterocycles. The molecule has 2 rings (SSSR count). The van der Waals surface area contributed by atoms with E-state index < -0.39 is 5.95 Å². The van der Waals surface area contributed by atoms with Gasteiger partial charge < -0.3 is 10.4 Å². The van der Waals surface area contributed by atoms with Gasteiger partial charge in [0.2, 0.25) is 5.95 Å². The van der Waals surface area contributed by atoms with E-state index in [4.69, 9.17) is 0 Å². The van der Waals surface area contributed by atoms with Crippen LogP contribution in [0.2, 0.25) is 0 Å². The number of benzene rings is 1. The van der Waals surface area contributed by atoms with Crippen LogP contribution in [-0.2, 0) is 6.54 Å². The van der Waals surface area contributed by atoms with Gasteiger partial charge in [-0.25, -0.2) is 4.98 Å². The number of aromatic hydroxyl groups is 1. The Labute approximate surface area is 92.6 Å². The number of halogens is 1. The molecule has 4 heteroatoms. The number of aromatic nitrogens is 1. The molecular formula is C12H11FN2O. The number of pyridine rings is 1. The van der Waals surface area contributed by atoms with E-state index in [0.717, 1.165) is 5.56 Å². The predicted molar refractivity (Wildman–Crippen MR) is 59.6 cm³/mol. The molecule has 0 fully saturated rings. The first-order valence-electron chi connectivity index (χ1n) is 4.88. The molecule has 0 saturated heterocycles. The van der Waals surface area contributed by atoms with Crippen molar-refractivity contribution in [3.05, 3.63) is 54.1 Å². The Balaban J connectivity index is 2.02. The molecular weight excluding hydrogens is 207 g/mol. The summed E-state index contributed by atoms with van der Waals surface area (Å²) < 4.78 is 12.5. The molecule has 0 aliphatic carbocycles. The minimum Gasteiger partial charge on any atom is -0.508 e. The van der Waals surface area contributed by atoms with Gasteiger partial charge in [0.25, 0.3) is 0 Å². The SMILES string of the molecule is Oc1ccccc1CNc1ccc(F)nc1. The molecule has 0 unspecified atom stereocenters. The van der Waals surface area contributed by atoms with Crippen molar-refractivity contribution in [3.8, 4) is 5.75 Å². The number of para-hydroxylation sites is 1. The van der Waals surface area contributed by atoms with Gasteiger partial charge in [-0.3, -0.25) is 0 Å². The van der Waals surface area contributed by atoms with Crippen LogP contribution in [0.1, 0.15) is 5.56 Å². The number of hydrogen-bond donors (Lipinski definition) is 2. The van der Waals surface area contributed by atoms with Crippen molar-refractivity contribution in [1.29, 1.82) is 0 Å². The zero-order valence-electron chi connectivity index (χ0n) is 8.52. The quantitative estimate of drug-likeness (QED) is 0.778. The monoisotopic (exact) mass is 218 g/mol. The van der Waals surface area contributed by atoms with Crippen LogP contribution in [0, 0.1) is 5.95 Å². The molecule has 2 aromatic rings. The summed E-state index contributed by atoms with van der Waals surface area (Å²) in [7, 11) is 0. The maximum Gasteiger partial charge on any atom is 0.212 e. The number of phenols is 1. The fraction of sp³-hybridized carbons (Fsp3) is 0.0833. The molecule has 16 heavy (non-hydrogen) atoms. The first-order valence-corrected chi connectivity index (χ1v) is 4.88. The highest BCUT2D eigenvalue weighted by Crippen LogP contribution is 2.17. The molecule has 0 saturated carbocycles. The molecule has 0 spiro atoms. The molecule has 0 atom stereocenters. The highest BCUT2D eigenvalue weighted by molar-refractivity contribution is 5.42. The van der Waals surface area contributed by atoms with Crippen LogP contribution in [0.5, 0.6) is 5.75 Å². The molecule has 0 radical (unpaired) electrons. The second-order valence-electron chi connectivity index (χ2n) is 3.35. The minimum absolute atomic E-state index is 0.241. The van der Waals surface area contributed by atoms with Crippen LogP contribution in [-0.4, -0.2) is 10.1 Å². The molecule has 1 heterocycles. The van der Waals surface area contributed by atoms with Crippen LogP contribution in [0.25, 0.3) is 0 Å². The first kappa shape index (κ1) is 10.4. The van der Waals surface area contributed by atoms with Gasteiger partial charge in [-0.1, -0.05) is 18.2 Å². The maximum atomic E-state index is 12.5. The van der Waals surface area contributed by atoms with Crippen LogP contribution in [0.4, 0.5) is 10.1 Å². The largest absolute Gasteiger partial charge is 0.508 e. The lowest BCUT2D eigenvalue weighted by Crippen LogP contribution is -2.00. The lowest BCUT2D eigenvalue weighted by molar-refractivity contribution is 0.469. The zero-order chi connectivity index (χ0) is 11.4. The summed E-state index contributed by atoms with van der Waals surface area (Å²) >= 11 is 0. The average Bonchev–Trinajstić information content (AvgIpc) is 2.30. The van der Waals surface area contributed by atoms with Crippen molar-refractivity contribution in [2.75, 3.05) is 5.32 Å². The highest BCUT2D eigenvalue weighted by atomic mass is 19.1. The third-order valence-corrected chi connectivity index (χ3v) is 2.20. The zero-order valence-corrected chi connectivity index (χ0v) is 8.52. The summed E-state index contributed by atoms with van der Waals surface area (Å²) in [4.78, 5) is 3.52. The molecule has 0 amide bonds. The van der Waals surface area contributed by atoms with E-state index in [-0.39, 0.29) is 5.75 Å². The fourth-order valence-corrected chi connectivity index (χ4v) is 1.34. The van der Waals surface area contributed by atoms with Crippen molar-refractivity contribution in [2.45, 2.75) is 6.54 Å². The second-order valence-corrected chi connectivity index (χ2v) is 3.35. The number of nitrogens with one attached hydrogen (secondary N) is 1. The molecule has 3 nitrogen and oxygen atoms in total. The van der Waals surface area contributed by atoms with Crippen molar-refractivity contribution in [1.82, 2.24) is 4.98 Å². The van der Waals surface area contributed by atoms with Gasteiger partial charge in [0.1, 0.15) is 5.75 Å². The van der Waals surface area contributed by atoms with Gasteiger partial charge in [0, 0.05) is 12.1 Å². The van der Waals surface area contributed by atoms with Gasteiger partial charge in [0.05, 0.1) is 11.9 Å². The third kappa shape index (κ3) is 2.48. The number of rotatable bonds is 3. The number of hydrogen-bond acceptors (Lipinski definition) is 3. The smallest absolute Gasteiger partial charge is 0.212 e. The van der Waals surface area contributed by atoms with E-state index in [2.05, 4.69) is 10.3 Å². The van der Waals surface area contributed by atoms with Crippen molar-refractivity contribution >= 4 is 5.69 Å². The molecule has 2 N–H and O–H groups in total. The fourth-order valence-electron chi connectivity index (χ4n) is 1.34. The van der Waals surface area contributed by atoms with Gasteiger partial charge in [-0.05, 0) is 18.2 Å². The van der Waals surface area contributed by atoms with Gasteiger partial charge in [-0.2, -0.15) is 4.39 Å². The van der Waals surface area contributed by atoms with Gasteiger partial charge in [0.15, 0.2) is 0 Å². The summed E-state index contributed by atoms with van der Waals surface area (Å²) in [5, 5.41) is 12.6. The Hall–Kier alpha value is -2.10. The Morgan fingerprint density at radius 1 is 1.19 bits per heavy atom. The van der Waals surface area contributed by atoms with Crippen molar-refractivity contribution in [3.63, 3.8) is 0 Å². The molecule has 1 aromatic carbocycles. The Morgan fingerprint density at radius 3 is 2.69 bits per heavy atom. The summed E-state index contributed by atoms with van der Waals surface area (Å²) in [5.41, 5.74) is 1.50. The Bertz CT molecular complexity index is 471. The van der Waals surface area contributed by atoms with Crippen LogP contribution < -0.4 is 5.32 Å². The van der Waals surface area contributed by atoms with Gasteiger partial charge >= 0.3 is 0 Å². The number of anilines is 1. The molecule has 0 bridgehead atoms. The average molecular weight is 218 g/mol. The topological polar surface area (TPSA) is 45.1 Å². The van der Waals surface area contributed by atoms with Gasteiger partial charge in [-0.15, -0.1) is 0 Å². The molecule has 0 aliphatic heterocycles. The van der Waals surface area contributed by atoms with E-state index in [1.807, 2.05) is 12.1 Å². The normalized spacial score (nSPS) is 10.1. The van der Waals surface area contributed by atoms with E-state index in [1.54, 1.807) is 18.2 Å². The standard InChI is InChI=1S/C12H11FN2O/c13-12-6-5-10(8-15-12)14-7-9-3-1-2-4-11(9)16/h1-6,8,14,16H,7H2. The van der Waals surface area contributed by atoms with E-state index >= 15 is 0 Å². The van der Waals surface area contributed by atoms with E-state index in [1.165, 1.54) is 12.3 Å². The lowest BCUT2D eigenvalue weighted by atomic mass is 10.2. The summed E-state index contributed by atoms with van der Waals surface area (Å²) in [6, 6.07) is 9.94. The van der Waals surface area contributed by atoms with E-state index in [9.17, 15) is 9.50 Å². The maximum absolute atomic E-state index is 12.5. The van der Waals surface area contributed by atoms with E-state index in [0.29, 0.717) is 12.2 Å². The van der Waals surface area contributed by atoms with Crippen LogP contribution in [0.15, 0.2) is 42.6 Å². The van der Waals surface area contributed by atoms with Crippen LogP contribution in [0.3, 0.4) is 0 Å². The van der Waals surface area contributed by atoms with Crippen molar-refractivity contribution in [2.24, 2.45) is 0 Å². The molecule has 82 valence electrons. The molecule has 0 aliphatic rings. The predicted octanol–water partition coefficient (Wildman–Crippen LogP) is 2.54. The minimum atomic E-state index is -0.506. The lowest BCUT2D eigenvalue weighted by Gasteiger charge is -2.07.